The molecule has 16 heavy (non-hydrogen) atoms. The molecule has 94 valence electrons. The van der Waals surface area contributed by atoms with Gasteiger partial charge in [0.25, 0.3) is 0 Å². The molecule has 1 aliphatic carbocycles. The molecule has 2 fully saturated rings. The Morgan fingerprint density at radius 2 is 1.81 bits per heavy atom. The maximum atomic E-state index is 3.30. The van der Waals surface area contributed by atoms with Gasteiger partial charge in [-0.3, -0.25) is 0 Å². The lowest BCUT2D eigenvalue weighted by molar-refractivity contribution is 0.119. The molecule has 0 aromatic heterocycles. The molecule has 1 atom stereocenters. The molecule has 1 saturated carbocycles. The quantitative estimate of drug-likeness (QED) is 0.772. The maximum absolute atomic E-state index is 3.30. The van der Waals surface area contributed by atoms with Gasteiger partial charge in [-0.15, -0.1) is 0 Å². The zero-order valence-electron chi connectivity index (χ0n) is 10.9. The van der Waals surface area contributed by atoms with E-state index in [4.69, 9.17) is 0 Å². The predicted molar refractivity (Wildman–Crippen MR) is 69.7 cm³/mol. The Kier molecular flexibility index (Phi) is 5.11. The highest BCUT2D eigenvalue weighted by atomic mass is 15.2. The van der Waals surface area contributed by atoms with E-state index in [1.807, 2.05) is 0 Å². The lowest BCUT2D eigenvalue weighted by atomic mass is 9.97. The minimum absolute atomic E-state index is 0.877. The topological polar surface area (TPSA) is 15.3 Å². The van der Waals surface area contributed by atoms with E-state index in [1.165, 1.54) is 71.0 Å². The van der Waals surface area contributed by atoms with Gasteiger partial charge in [-0.1, -0.05) is 19.3 Å². The van der Waals surface area contributed by atoms with Crippen LogP contribution in [-0.4, -0.2) is 37.6 Å². The molecular formula is C14H28N2. The predicted octanol–water partition coefficient (Wildman–Crippen LogP) is 2.64. The first-order chi connectivity index (χ1) is 7.90. The molecule has 1 heterocycles. The minimum atomic E-state index is 0.877. The molecule has 0 aromatic carbocycles. The summed E-state index contributed by atoms with van der Waals surface area (Å²) in [6.07, 6.45) is 11.6. The first-order valence-electron chi connectivity index (χ1n) is 7.29. The van der Waals surface area contributed by atoms with Crippen molar-refractivity contribution in [3.05, 3.63) is 0 Å². The molecule has 0 amide bonds. The third-order valence-corrected chi connectivity index (χ3v) is 4.44. The average Bonchev–Trinajstić information content (AvgIpc) is 2.81. The number of piperidine rings is 1. The first-order valence-corrected chi connectivity index (χ1v) is 7.29. The number of rotatable bonds is 5. The van der Waals surface area contributed by atoms with E-state index >= 15 is 0 Å². The Morgan fingerprint density at radius 3 is 2.56 bits per heavy atom. The second-order valence-corrected chi connectivity index (χ2v) is 5.69. The summed E-state index contributed by atoms with van der Waals surface area (Å²) >= 11 is 0. The van der Waals surface area contributed by atoms with Crippen LogP contribution in [0.2, 0.25) is 0 Å². The van der Waals surface area contributed by atoms with Crippen molar-refractivity contribution in [2.24, 2.45) is 5.92 Å². The zero-order valence-corrected chi connectivity index (χ0v) is 10.9. The van der Waals surface area contributed by atoms with E-state index in [0.29, 0.717) is 0 Å². The van der Waals surface area contributed by atoms with Gasteiger partial charge in [-0.05, 0) is 58.2 Å². The molecule has 0 spiro atoms. The lowest BCUT2D eigenvalue weighted by Gasteiger charge is -2.37. The number of likely N-dealkylation sites (tertiary alicyclic amines) is 1. The molecule has 1 unspecified atom stereocenters. The third kappa shape index (κ3) is 3.46. The number of hydrogen-bond acceptors (Lipinski definition) is 2. The van der Waals surface area contributed by atoms with Crippen LogP contribution >= 0.6 is 0 Å². The zero-order chi connectivity index (χ0) is 11.2. The highest BCUT2D eigenvalue weighted by molar-refractivity contribution is 4.81. The smallest absolute Gasteiger partial charge is 0.0107 e. The van der Waals surface area contributed by atoms with E-state index in [0.717, 1.165) is 12.0 Å². The molecule has 2 rings (SSSR count). The van der Waals surface area contributed by atoms with Gasteiger partial charge in [0.1, 0.15) is 0 Å². The largest absolute Gasteiger partial charge is 0.320 e. The number of hydrogen-bond donors (Lipinski definition) is 1. The van der Waals surface area contributed by atoms with E-state index in [-0.39, 0.29) is 0 Å². The van der Waals surface area contributed by atoms with Crippen LogP contribution < -0.4 is 5.32 Å². The second kappa shape index (κ2) is 6.61. The summed E-state index contributed by atoms with van der Waals surface area (Å²) in [5, 5.41) is 3.30. The summed E-state index contributed by atoms with van der Waals surface area (Å²) in [5.41, 5.74) is 0. The molecule has 0 aromatic rings. The van der Waals surface area contributed by atoms with Crippen LogP contribution in [0.4, 0.5) is 0 Å². The van der Waals surface area contributed by atoms with Crippen LogP contribution in [0.1, 0.15) is 51.4 Å². The van der Waals surface area contributed by atoms with Crippen LogP contribution in [0.3, 0.4) is 0 Å². The molecule has 1 N–H and O–H groups in total. The van der Waals surface area contributed by atoms with Crippen molar-refractivity contribution in [2.75, 3.05) is 26.7 Å². The van der Waals surface area contributed by atoms with Crippen LogP contribution in [0.5, 0.6) is 0 Å². The summed E-state index contributed by atoms with van der Waals surface area (Å²) in [6.45, 7) is 3.95. The van der Waals surface area contributed by atoms with Gasteiger partial charge in [-0.25, -0.2) is 0 Å². The van der Waals surface area contributed by atoms with E-state index in [1.54, 1.807) is 0 Å². The van der Waals surface area contributed by atoms with E-state index < -0.39 is 0 Å². The Balaban J connectivity index is 1.78. The number of nitrogens with zero attached hydrogens (tertiary/aromatic N) is 1. The first kappa shape index (κ1) is 12.4. The fourth-order valence-corrected chi connectivity index (χ4v) is 3.46. The Labute approximate surface area is 101 Å². The summed E-state index contributed by atoms with van der Waals surface area (Å²) in [4.78, 5) is 2.80. The van der Waals surface area contributed by atoms with Crippen molar-refractivity contribution in [1.29, 1.82) is 0 Å². The Morgan fingerprint density at radius 1 is 1.06 bits per heavy atom. The Hall–Kier alpha value is -0.0800. The fraction of sp³-hybridized carbons (Fsp3) is 1.00. The van der Waals surface area contributed by atoms with Crippen molar-refractivity contribution in [2.45, 2.75) is 57.4 Å². The highest BCUT2D eigenvalue weighted by Gasteiger charge is 2.25. The molecular weight excluding hydrogens is 196 g/mol. The van der Waals surface area contributed by atoms with Gasteiger partial charge < -0.3 is 10.2 Å². The highest BCUT2D eigenvalue weighted by Crippen LogP contribution is 2.28. The standard InChI is InChI=1S/C14H28N2/c1-15-10-9-14-8-4-5-11-16(14)12-13-6-2-3-7-13/h13-15H,2-12H2,1H3. The van der Waals surface area contributed by atoms with Gasteiger partial charge in [0.2, 0.25) is 0 Å². The van der Waals surface area contributed by atoms with E-state index in [9.17, 15) is 0 Å². The van der Waals surface area contributed by atoms with Crippen molar-refractivity contribution < 1.29 is 0 Å². The fourth-order valence-electron chi connectivity index (χ4n) is 3.46. The van der Waals surface area contributed by atoms with Gasteiger partial charge in [0.05, 0.1) is 0 Å². The van der Waals surface area contributed by atoms with Crippen LogP contribution in [0, 0.1) is 5.92 Å². The monoisotopic (exact) mass is 224 g/mol. The summed E-state index contributed by atoms with van der Waals surface area (Å²) in [6, 6.07) is 0.877. The minimum Gasteiger partial charge on any atom is -0.320 e. The van der Waals surface area contributed by atoms with Crippen molar-refractivity contribution in [1.82, 2.24) is 10.2 Å². The third-order valence-electron chi connectivity index (χ3n) is 4.44. The molecule has 0 radical (unpaired) electrons. The molecule has 1 aliphatic heterocycles. The Bertz CT molecular complexity index is 187. The van der Waals surface area contributed by atoms with Crippen LogP contribution in [-0.2, 0) is 0 Å². The van der Waals surface area contributed by atoms with Gasteiger partial charge >= 0.3 is 0 Å². The van der Waals surface area contributed by atoms with Crippen LogP contribution in [0.15, 0.2) is 0 Å². The second-order valence-electron chi connectivity index (χ2n) is 5.69. The van der Waals surface area contributed by atoms with Gasteiger partial charge in [0, 0.05) is 12.6 Å². The molecule has 2 aliphatic rings. The average molecular weight is 224 g/mol. The SMILES string of the molecule is CNCCC1CCCCN1CC1CCCC1. The summed E-state index contributed by atoms with van der Waals surface area (Å²) < 4.78 is 0. The van der Waals surface area contributed by atoms with Gasteiger partial charge in [-0.2, -0.15) is 0 Å². The lowest BCUT2D eigenvalue weighted by Crippen LogP contribution is -2.43. The molecule has 1 saturated heterocycles. The molecule has 0 bridgehead atoms. The van der Waals surface area contributed by atoms with Crippen LogP contribution in [0.25, 0.3) is 0 Å². The normalized spacial score (nSPS) is 28.7. The van der Waals surface area contributed by atoms with E-state index in [2.05, 4.69) is 17.3 Å². The van der Waals surface area contributed by atoms with Gasteiger partial charge in [0.15, 0.2) is 0 Å². The molecule has 2 heteroatoms. The summed E-state index contributed by atoms with van der Waals surface area (Å²) in [5.74, 6) is 1.02. The van der Waals surface area contributed by atoms with Crippen molar-refractivity contribution >= 4 is 0 Å². The molecule has 2 nitrogen and oxygen atoms in total. The van der Waals surface area contributed by atoms with Crippen molar-refractivity contribution in [3.63, 3.8) is 0 Å². The number of nitrogens with one attached hydrogen (secondary N) is 1. The maximum Gasteiger partial charge on any atom is 0.0107 e. The summed E-state index contributed by atoms with van der Waals surface area (Å²) in [7, 11) is 2.07. The van der Waals surface area contributed by atoms with Crippen molar-refractivity contribution in [3.8, 4) is 0 Å².